The molecule has 0 radical (unpaired) electrons. The molecule has 0 N–H and O–H groups in total. The lowest BCUT2D eigenvalue weighted by molar-refractivity contribution is 0.112. The van der Waals surface area contributed by atoms with Crippen LogP contribution in [0, 0.1) is 10.8 Å². The van der Waals surface area contributed by atoms with Gasteiger partial charge in [0.2, 0.25) is 0 Å². The van der Waals surface area contributed by atoms with Crippen LogP contribution in [-0.2, 0) is 0 Å². The molecule has 0 aliphatic carbocycles. The molecule has 0 amide bonds. The van der Waals surface area contributed by atoms with Gasteiger partial charge in [0.25, 0.3) is 0 Å². The van der Waals surface area contributed by atoms with Crippen LogP contribution in [0.4, 0.5) is 0 Å². The SMILES string of the molecule is C=CCC(C)(CC)C(C)(C=CC)CC. The van der Waals surface area contributed by atoms with Crippen LogP contribution in [0.25, 0.3) is 0 Å². The Bertz CT molecular complexity index is 202. The molecule has 0 aliphatic rings. The second kappa shape index (κ2) is 5.38. The Hall–Kier alpha value is -0.520. The Balaban J connectivity index is 5.01. The maximum absolute atomic E-state index is 3.88. The lowest BCUT2D eigenvalue weighted by Gasteiger charge is -2.44. The number of rotatable bonds is 6. The third-order valence-electron chi connectivity index (χ3n) is 4.02. The van der Waals surface area contributed by atoms with E-state index in [1.54, 1.807) is 0 Å². The molecule has 82 valence electrons. The van der Waals surface area contributed by atoms with Gasteiger partial charge in [-0.1, -0.05) is 45.9 Å². The summed E-state index contributed by atoms with van der Waals surface area (Å²) in [6.07, 6.45) is 10.1. The lowest BCUT2D eigenvalue weighted by atomic mass is 9.61. The van der Waals surface area contributed by atoms with Gasteiger partial charge in [0, 0.05) is 0 Å². The molecular formula is C14H26. The molecule has 2 atom stereocenters. The van der Waals surface area contributed by atoms with Crippen molar-refractivity contribution in [3.05, 3.63) is 24.8 Å². The van der Waals surface area contributed by atoms with Crippen molar-refractivity contribution in [2.24, 2.45) is 10.8 Å². The molecule has 0 aliphatic heterocycles. The molecule has 0 aromatic heterocycles. The van der Waals surface area contributed by atoms with Crippen molar-refractivity contribution in [2.75, 3.05) is 0 Å². The Morgan fingerprint density at radius 2 is 1.71 bits per heavy atom. The van der Waals surface area contributed by atoms with Gasteiger partial charge in [0.05, 0.1) is 0 Å². The zero-order valence-electron chi connectivity index (χ0n) is 10.6. The molecule has 0 aromatic rings. The van der Waals surface area contributed by atoms with E-state index in [2.05, 4.69) is 59.4 Å². The van der Waals surface area contributed by atoms with Crippen molar-refractivity contribution in [1.82, 2.24) is 0 Å². The Labute approximate surface area is 90.1 Å². The van der Waals surface area contributed by atoms with E-state index in [0.717, 1.165) is 6.42 Å². The smallest absolute Gasteiger partial charge is 0.00926 e. The van der Waals surface area contributed by atoms with E-state index in [1.807, 2.05) is 0 Å². The summed E-state index contributed by atoms with van der Waals surface area (Å²) < 4.78 is 0. The highest BCUT2D eigenvalue weighted by Gasteiger charge is 2.38. The van der Waals surface area contributed by atoms with Crippen LogP contribution in [0.2, 0.25) is 0 Å². The first kappa shape index (κ1) is 13.5. The van der Waals surface area contributed by atoms with Crippen LogP contribution in [0.1, 0.15) is 53.9 Å². The third-order valence-corrected chi connectivity index (χ3v) is 4.02. The molecule has 14 heavy (non-hydrogen) atoms. The fraction of sp³-hybridized carbons (Fsp3) is 0.714. The zero-order chi connectivity index (χ0) is 11.2. The highest BCUT2D eigenvalue weighted by atomic mass is 14.4. The van der Waals surface area contributed by atoms with Gasteiger partial charge in [0.15, 0.2) is 0 Å². The summed E-state index contributed by atoms with van der Waals surface area (Å²) in [6.45, 7) is 15.3. The molecule has 0 heteroatoms. The summed E-state index contributed by atoms with van der Waals surface area (Å²) in [5, 5.41) is 0. The summed E-state index contributed by atoms with van der Waals surface area (Å²) >= 11 is 0. The van der Waals surface area contributed by atoms with Crippen molar-refractivity contribution in [3.8, 4) is 0 Å². The van der Waals surface area contributed by atoms with E-state index in [-0.39, 0.29) is 0 Å². The average molecular weight is 194 g/mol. The zero-order valence-corrected chi connectivity index (χ0v) is 10.6. The van der Waals surface area contributed by atoms with Gasteiger partial charge in [0.1, 0.15) is 0 Å². The lowest BCUT2D eigenvalue weighted by Crippen LogP contribution is -2.34. The van der Waals surface area contributed by atoms with Gasteiger partial charge < -0.3 is 0 Å². The minimum absolute atomic E-state index is 0.296. The van der Waals surface area contributed by atoms with Crippen molar-refractivity contribution in [3.63, 3.8) is 0 Å². The number of allylic oxidation sites excluding steroid dienone is 3. The first-order valence-electron chi connectivity index (χ1n) is 5.74. The number of hydrogen-bond donors (Lipinski definition) is 0. The molecule has 0 saturated heterocycles. The first-order chi connectivity index (χ1) is 6.49. The monoisotopic (exact) mass is 194 g/mol. The molecule has 0 nitrogen and oxygen atoms in total. The summed E-state index contributed by atoms with van der Waals surface area (Å²) in [5.41, 5.74) is 0.640. The van der Waals surface area contributed by atoms with Gasteiger partial charge in [-0.15, -0.1) is 6.58 Å². The number of hydrogen-bond acceptors (Lipinski definition) is 0. The fourth-order valence-electron chi connectivity index (χ4n) is 2.21. The Morgan fingerprint density at radius 3 is 2.00 bits per heavy atom. The maximum atomic E-state index is 3.88. The molecular weight excluding hydrogens is 168 g/mol. The summed E-state index contributed by atoms with van der Waals surface area (Å²) in [4.78, 5) is 0. The van der Waals surface area contributed by atoms with E-state index in [9.17, 15) is 0 Å². The van der Waals surface area contributed by atoms with Gasteiger partial charge in [-0.25, -0.2) is 0 Å². The quantitative estimate of drug-likeness (QED) is 0.524. The summed E-state index contributed by atoms with van der Waals surface area (Å²) in [6, 6.07) is 0. The van der Waals surface area contributed by atoms with Gasteiger partial charge in [-0.05, 0) is 37.0 Å². The topological polar surface area (TPSA) is 0 Å². The largest absolute Gasteiger partial charge is 0.103 e. The van der Waals surface area contributed by atoms with Crippen molar-refractivity contribution in [1.29, 1.82) is 0 Å². The van der Waals surface area contributed by atoms with Crippen LogP contribution < -0.4 is 0 Å². The van der Waals surface area contributed by atoms with Crippen LogP contribution in [-0.4, -0.2) is 0 Å². The van der Waals surface area contributed by atoms with Crippen LogP contribution in [0.15, 0.2) is 24.8 Å². The van der Waals surface area contributed by atoms with E-state index in [4.69, 9.17) is 0 Å². The molecule has 2 unspecified atom stereocenters. The van der Waals surface area contributed by atoms with E-state index < -0.39 is 0 Å². The maximum Gasteiger partial charge on any atom is -0.00926 e. The minimum Gasteiger partial charge on any atom is -0.103 e. The van der Waals surface area contributed by atoms with Gasteiger partial charge >= 0.3 is 0 Å². The second-order valence-corrected chi connectivity index (χ2v) is 4.68. The predicted octanol–water partition coefficient (Wildman–Crippen LogP) is 4.97. The predicted molar refractivity (Wildman–Crippen MR) is 66.4 cm³/mol. The molecule has 0 bridgehead atoms. The minimum atomic E-state index is 0.296. The standard InChI is InChI=1S/C14H26/c1-7-11-13(5,9-3)14(6,10-4)12-8-2/h7-8,12H,1,9-11H2,2-6H3. The molecule has 0 saturated carbocycles. The molecule has 0 fully saturated rings. The van der Waals surface area contributed by atoms with E-state index in [1.165, 1.54) is 12.8 Å². The van der Waals surface area contributed by atoms with Crippen molar-refractivity contribution in [2.45, 2.75) is 53.9 Å². The highest BCUT2D eigenvalue weighted by Crippen LogP contribution is 2.48. The Kier molecular flexibility index (Phi) is 5.18. The normalized spacial score (nSPS) is 20.4. The van der Waals surface area contributed by atoms with Crippen LogP contribution in [0.5, 0.6) is 0 Å². The van der Waals surface area contributed by atoms with Crippen LogP contribution in [0.3, 0.4) is 0 Å². The van der Waals surface area contributed by atoms with Gasteiger partial charge in [-0.3, -0.25) is 0 Å². The summed E-state index contributed by atoms with van der Waals surface area (Å²) in [7, 11) is 0. The molecule has 0 rings (SSSR count). The molecule has 0 heterocycles. The average Bonchev–Trinajstić information content (AvgIpc) is 2.18. The van der Waals surface area contributed by atoms with Crippen molar-refractivity contribution >= 4 is 0 Å². The fourth-order valence-corrected chi connectivity index (χ4v) is 2.21. The molecule has 0 aromatic carbocycles. The van der Waals surface area contributed by atoms with Crippen LogP contribution >= 0.6 is 0 Å². The first-order valence-corrected chi connectivity index (χ1v) is 5.74. The second-order valence-electron chi connectivity index (χ2n) is 4.68. The third kappa shape index (κ3) is 2.50. The van der Waals surface area contributed by atoms with E-state index in [0.29, 0.717) is 10.8 Å². The Morgan fingerprint density at radius 1 is 1.14 bits per heavy atom. The van der Waals surface area contributed by atoms with Gasteiger partial charge in [-0.2, -0.15) is 0 Å². The van der Waals surface area contributed by atoms with E-state index >= 15 is 0 Å². The highest BCUT2D eigenvalue weighted by molar-refractivity contribution is 5.06. The summed E-state index contributed by atoms with van der Waals surface area (Å²) in [5.74, 6) is 0. The molecule has 0 spiro atoms. The van der Waals surface area contributed by atoms with Crippen molar-refractivity contribution < 1.29 is 0 Å².